The fourth-order valence-electron chi connectivity index (χ4n) is 3.29. The van der Waals surface area contributed by atoms with Gasteiger partial charge in [-0.25, -0.2) is 9.78 Å². The minimum absolute atomic E-state index is 0.209. The van der Waals surface area contributed by atoms with Crippen LogP contribution in [-0.2, 0) is 6.42 Å². The van der Waals surface area contributed by atoms with Gasteiger partial charge in [0.1, 0.15) is 5.82 Å². The normalized spacial score (nSPS) is 10.6. The number of anilines is 2. The largest absolute Gasteiger partial charge is 0.493 e. The number of carbonyl (C=O) groups is 1. The van der Waals surface area contributed by atoms with Crippen LogP contribution < -0.4 is 30.4 Å². The van der Waals surface area contributed by atoms with Crippen LogP contribution >= 0.6 is 0 Å². The topological polar surface area (TPSA) is 132 Å². The molecule has 1 aromatic carbocycles. The van der Waals surface area contributed by atoms with E-state index in [-0.39, 0.29) is 11.5 Å². The fourth-order valence-corrected chi connectivity index (χ4v) is 3.29. The number of aromatic nitrogens is 4. The Bertz CT molecular complexity index is 1170. The van der Waals surface area contributed by atoms with Crippen molar-refractivity contribution in [1.29, 1.82) is 0 Å². The molecule has 0 atom stereocenters. The maximum Gasteiger partial charge on any atom is 0.324 e. The Labute approximate surface area is 184 Å². The van der Waals surface area contributed by atoms with Crippen molar-refractivity contribution < 1.29 is 19.0 Å². The van der Waals surface area contributed by atoms with Crippen LogP contribution in [0.15, 0.2) is 23.0 Å². The molecule has 0 aliphatic carbocycles. The molecule has 32 heavy (non-hydrogen) atoms. The summed E-state index contributed by atoms with van der Waals surface area (Å²) in [4.78, 5) is 32.2. The number of methoxy groups -OCH3 is 3. The van der Waals surface area contributed by atoms with E-state index in [0.29, 0.717) is 52.1 Å². The number of nitrogens with one attached hydrogen (secondary N) is 3. The van der Waals surface area contributed by atoms with E-state index in [2.05, 4.69) is 25.7 Å². The number of hydrogen-bond donors (Lipinski definition) is 3. The first kappa shape index (κ1) is 22.7. The molecular weight excluding hydrogens is 416 g/mol. The summed E-state index contributed by atoms with van der Waals surface area (Å²) in [6.45, 7) is 5.42. The van der Waals surface area contributed by atoms with Gasteiger partial charge in [0.25, 0.3) is 5.56 Å². The van der Waals surface area contributed by atoms with E-state index in [4.69, 9.17) is 14.2 Å². The van der Waals surface area contributed by atoms with E-state index in [0.717, 1.165) is 0 Å². The smallest absolute Gasteiger partial charge is 0.324 e. The zero-order valence-electron chi connectivity index (χ0n) is 18.8. The van der Waals surface area contributed by atoms with Gasteiger partial charge >= 0.3 is 6.03 Å². The monoisotopic (exact) mass is 442 g/mol. The number of rotatable bonds is 7. The van der Waals surface area contributed by atoms with Crippen molar-refractivity contribution in [3.05, 3.63) is 45.5 Å². The SMILES string of the molecule is CCc1c(C)nc(-n2nc(C)cc2NC(=O)Nc2cc(OC)c(OC)c(OC)c2)[nH]c1=O. The van der Waals surface area contributed by atoms with Crippen LogP contribution in [0, 0.1) is 13.8 Å². The van der Waals surface area contributed by atoms with Gasteiger partial charge in [0.2, 0.25) is 11.7 Å². The third-order valence-electron chi connectivity index (χ3n) is 4.76. The predicted molar refractivity (Wildman–Crippen MR) is 120 cm³/mol. The van der Waals surface area contributed by atoms with Crippen molar-refractivity contribution in [2.75, 3.05) is 32.0 Å². The molecular formula is C21H26N6O5. The zero-order valence-corrected chi connectivity index (χ0v) is 18.8. The second-order valence-corrected chi connectivity index (χ2v) is 6.88. The van der Waals surface area contributed by atoms with Crippen LogP contribution in [0.1, 0.15) is 23.9 Å². The first-order valence-corrected chi connectivity index (χ1v) is 9.86. The molecule has 2 heterocycles. The minimum atomic E-state index is -0.537. The predicted octanol–water partition coefficient (Wildman–Crippen LogP) is 2.80. The molecule has 0 saturated carbocycles. The quantitative estimate of drug-likeness (QED) is 0.512. The highest BCUT2D eigenvalue weighted by Crippen LogP contribution is 2.39. The Morgan fingerprint density at radius 2 is 1.72 bits per heavy atom. The number of hydrogen-bond acceptors (Lipinski definition) is 7. The van der Waals surface area contributed by atoms with Crippen molar-refractivity contribution in [2.45, 2.75) is 27.2 Å². The molecule has 11 heteroatoms. The van der Waals surface area contributed by atoms with Crippen molar-refractivity contribution >= 4 is 17.5 Å². The molecule has 11 nitrogen and oxygen atoms in total. The lowest BCUT2D eigenvalue weighted by Gasteiger charge is -2.15. The molecule has 3 N–H and O–H groups in total. The lowest BCUT2D eigenvalue weighted by Crippen LogP contribution is -2.24. The second kappa shape index (κ2) is 9.41. The van der Waals surface area contributed by atoms with Crippen molar-refractivity contribution in [3.8, 4) is 23.2 Å². The van der Waals surface area contributed by atoms with E-state index < -0.39 is 6.03 Å². The summed E-state index contributed by atoms with van der Waals surface area (Å²) >= 11 is 0. The molecule has 0 radical (unpaired) electrons. The Balaban J connectivity index is 1.88. The summed E-state index contributed by atoms with van der Waals surface area (Å²) in [5.41, 5.74) is 2.03. The summed E-state index contributed by atoms with van der Waals surface area (Å²) in [6, 6.07) is 4.34. The molecule has 0 bridgehead atoms. The van der Waals surface area contributed by atoms with Gasteiger partial charge in [-0.1, -0.05) is 6.92 Å². The summed E-state index contributed by atoms with van der Waals surface area (Å²) in [5, 5.41) is 9.79. The summed E-state index contributed by atoms with van der Waals surface area (Å²) in [5.74, 6) is 1.75. The van der Waals surface area contributed by atoms with Gasteiger partial charge in [-0.15, -0.1) is 0 Å². The minimum Gasteiger partial charge on any atom is -0.493 e. The van der Waals surface area contributed by atoms with E-state index >= 15 is 0 Å². The third-order valence-corrected chi connectivity index (χ3v) is 4.76. The lowest BCUT2D eigenvalue weighted by molar-refractivity contribution is 0.262. The first-order chi connectivity index (χ1) is 15.3. The maximum absolute atomic E-state index is 12.7. The number of aryl methyl sites for hydroxylation is 2. The molecule has 170 valence electrons. The molecule has 3 rings (SSSR count). The number of nitrogens with zero attached hydrogens (tertiary/aromatic N) is 3. The van der Waals surface area contributed by atoms with Crippen molar-refractivity contribution in [1.82, 2.24) is 19.7 Å². The molecule has 0 saturated heterocycles. The van der Waals surface area contributed by atoms with Gasteiger partial charge < -0.3 is 19.5 Å². The Hall–Kier alpha value is -4.02. The highest BCUT2D eigenvalue weighted by molar-refractivity contribution is 5.99. The summed E-state index contributed by atoms with van der Waals surface area (Å²) in [7, 11) is 4.47. The van der Waals surface area contributed by atoms with Crippen LogP contribution in [0.3, 0.4) is 0 Å². The standard InChI is InChI=1S/C21H26N6O5/c1-7-14-12(3)22-20(25-19(14)28)27-17(8-11(2)26-27)24-21(29)23-13-9-15(30-4)18(32-6)16(10-13)31-5/h8-10H,7H2,1-6H3,(H,22,25,28)(H2,23,24,29). The number of aromatic amines is 1. The van der Waals surface area contributed by atoms with E-state index in [1.807, 2.05) is 6.92 Å². The van der Waals surface area contributed by atoms with Gasteiger partial charge in [-0.3, -0.25) is 15.1 Å². The fraction of sp³-hybridized carbons (Fsp3) is 0.333. The lowest BCUT2D eigenvalue weighted by atomic mass is 10.2. The molecule has 0 aliphatic heterocycles. The van der Waals surface area contributed by atoms with Gasteiger partial charge in [-0.2, -0.15) is 9.78 Å². The van der Waals surface area contributed by atoms with Crippen LogP contribution in [0.2, 0.25) is 0 Å². The number of carbonyl (C=O) groups excluding carboxylic acids is 1. The molecule has 0 spiro atoms. The summed E-state index contributed by atoms with van der Waals surface area (Å²) < 4.78 is 17.3. The molecule has 2 amide bonds. The zero-order chi connectivity index (χ0) is 23.4. The Kier molecular flexibility index (Phi) is 6.67. The number of benzene rings is 1. The van der Waals surface area contributed by atoms with Crippen LogP contribution in [-0.4, -0.2) is 47.1 Å². The van der Waals surface area contributed by atoms with Crippen LogP contribution in [0.5, 0.6) is 17.2 Å². The van der Waals surface area contributed by atoms with Gasteiger partial charge in [-0.05, 0) is 20.3 Å². The highest BCUT2D eigenvalue weighted by atomic mass is 16.5. The Morgan fingerprint density at radius 3 is 2.25 bits per heavy atom. The highest BCUT2D eigenvalue weighted by Gasteiger charge is 2.17. The summed E-state index contributed by atoms with van der Waals surface area (Å²) in [6.07, 6.45) is 0.564. The third kappa shape index (κ3) is 4.51. The average molecular weight is 442 g/mol. The molecule has 0 fully saturated rings. The number of amides is 2. The molecule has 2 aromatic heterocycles. The average Bonchev–Trinajstić information content (AvgIpc) is 3.12. The van der Waals surface area contributed by atoms with Gasteiger partial charge in [0.15, 0.2) is 11.5 Å². The number of urea groups is 1. The Morgan fingerprint density at radius 1 is 1.06 bits per heavy atom. The first-order valence-electron chi connectivity index (χ1n) is 9.86. The maximum atomic E-state index is 12.7. The van der Waals surface area contributed by atoms with Crippen LogP contribution in [0.4, 0.5) is 16.3 Å². The molecule has 3 aromatic rings. The second-order valence-electron chi connectivity index (χ2n) is 6.88. The van der Waals surface area contributed by atoms with E-state index in [1.54, 1.807) is 32.0 Å². The number of H-pyrrole nitrogens is 1. The molecule has 0 unspecified atom stereocenters. The van der Waals surface area contributed by atoms with E-state index in [1.165, 1.54) is 26.0 Å². The van der Waals surface area contributed by atoms with Gasteiger partial charge in [0, 0.05) is 29.5 Å². The van der Waals surface area contributed by atoms with Crippen LogP contribution in [0.25, 0.3) is 5.95 Å². The van der Waals surface area contributed by atoms with Crippen molar-refractivity contribution in [3.63, 3.8) is 0 Å². The molecule has 0 aliphatic rings. The number of ether oxygens (including phenoxy) is 3. The van der Waals surface area contributed by atoms with Crippen molar-refractivity contribution in [2.24, 2.45) is 0 Å². The van der Waals surface area contributed by atoms with E-state index in [9.17, 15) is 9.59 Å². The van der Waals surface area contributed by atoms with Gasteiger partial charge in [0.05, 0.1) is 32.7 Å².